The molecule has 0 unspecified atom stereocenters. The van der Waals surface area contributed by atoms with Crippen LogP contribution in [-0.2, 0) is 0 Å². The molecule has 3 rings (SSSR count). The van der Waals surface area contributed by atoms with Crippen molar-refractivity contribution in [3.05, 3.63) is 18.5 Å². The Balaban J connectivity index is 1.82. The molecule has 2 aromatic rings. The number of nitrogens with zero attached hydrogens (tertiary/aromatic N) is 4. The first-order valence-corrected chi connectivity index (χ1v) is 6.56. The van der Waals surface area contributed by atoms with E-state index in [1.165, 1.54) is 19.0 Å². The van der Waals surface area contributed by atoms with E-state index in [1.807, 2.05) is 0 Å². The molecule has 1 aliphatic rings. The van der Waals surface area contributed by atoms with Crippen LogP contribution in [0.2, 0.25) is 0 Å². The van der Waals surface area contributed by atoms with Crippen molar-refractivity contribution in [3.8, 4) is 17.2 Å². The normalized spacial score (nSPS) is 16.3. The molecular weight excluding hydrogens is 244 g/mol. The number of aromatic nitrogens is 3. The molecule has 0 saturated carbocycles. The molecule has 19 heavy (non-hydrogen) atoms. The first-order valence-electron chi connectivity index (χ1n) is 6.56. The molecule has 1 fully saturated rings. The van der Waals surface area contributed by atoms with E-state index < -0.39 is 0 Å². The van der Waals surface area contributed by atoms with Gasteiger partial charge in [-0.2, -0.15) is 4.98 Å². The lowest BCUT2D eigenvalue weighted by Gasteiger charge is -2.16. The van der Waals surface area contributed by atoms with Crippen LogP contribution in [0.25, 0.3) is 11.5 Å². The highest BCUT2D eigenvalue weighted by Crippen LogP contribution is 2.23. The van der Waals surface area contributed by atoms with Crippen molar-refractivity contribution >= 4 is 5.95 Å². The van der Waals surface area contributed by atoms with E-state index in [0.29, 0.717) is 17.4 Å². The fraction of sp³-hybridized carbons (Fsp3) is 0.462. The third-order valence-electron chi connectivity index (χ3n) is 3.27. The van der Waals surface area contributed by atoms with Gasteiger partial charge < -0.3 is 14.5 Å². The van der Waals surface area contributed by atoms with Gasteiger partial charge in [0.15, 0.2) is 0 Å². The summed E-state index contributed by atoms with van der Waals surface area (Å²) < 4.78 is 5.25. The predicted octanol–water partition coefficient (Wildman–Crippen LogP) is 2.22. The van der Waals surface area contributed by atoms with Gasteiger partial charge in [0.2, 0.25) is 0 Å². The van der Waals surface area contributed by atoms with Crippen LogP contribution < -0.4 is 4.90 Å². The summed E-state index contributed by atoms with van der Waals surface area (Å²) in [5, 5.41) is 13.4. The maximum absolute atomic E-state index is 9.40. The molecule has 0 amide bonds. The van der Waals surface area contributed by atoms with Crippen LogP contribution in [0.3, 0.4) is 0 Å². The van der Waals surface area contributed by atoms with E-state index in [1.54, 1.807) is 12.3 Å². The van der Waals surface area contributed by atoms with Crippen LogP contribution in [0.5, 0.6) is 5.75 Å². The Bertz CT molecular complexity index is 547. The average molecular weight is 260 g/mol. The molecule has 2 aromatic heterocycles. The average Bonchev–Trinajstić information content (AvgIpc) is 2.75. The van der Waals surface area contributed by atoms with E-state index in [0.717, 1.165) is 25.9 Å². The van der Waals surface area contributed by atoms with Gasteiger partial charge in [-0.05, 0) is 24.1 Å². The molecule has 0 bridgehead atoms. The Morgan fingerprint density at radius 3 is 2.63 bits per heavy atom. The molecule has 0 aromatic carbocycles. The molecule has 1 aliphatic heterocycles. The third-order valence-corrected chi connectivity index (χ3v) is 3.27. The monoisotopic (exact) mass is 260 g/mol. The summed E-state index contributed by atoms with van der Waals surface area (Å²) in [6.45, 7) is 1.94. The number of aromatic hydroxyl groups is 1. The highest BCUT2D eigenvalue weighted by Gasteiger charge is 2.17. The SMILES string of the molecule is Oc1cncc(-c2nc(N3CCCCCC3)no2)c1. The molecular formula is C13H16N4O2. The minimum Gasteiger partial charge on any atom is -0.506 e. The van der Waals surface area contributed by atoms with Crippen molar-refractivity contribution < 1.29 is 9.63 Å². The summed E-state index contributed by atoms with van der Waals surface area (Å²) >= 11 is 0. The quantitative estimate of drug-likeness (QED) is 0.892. The molecule has 0 atom stereocenters. The van der Waals surface area contributed by atoms with Gasteiger partial charge in [-0.3, -0.25) is 4.98 Å². The number of anilines is 1. The lowest BCUT2D eigenvalue weighted by molar-refractivity contribution is 0.428. The van der Waals surface area contributed by atoms with Gasteiger partial charge >= 0.3 is 0 Å². The highest BCUT2D eigenvalue weighted by atomic mass is 16.5. The van der Waals surface area contributed by atoms with E-state index >= 15 is 0 Å². The van der Waals surface area contributed by atoms with Crippen LogP contribution >= 0.6 is 0 Å². The smallest absolute Gasteiger partial charge is 0.266 e. The van der Waals surface area contributed by atoms with Gasteiger partial charge in [-0.25, -0.2) is 0 Å². The Labute approximate surface area is 111 Å². The second-order valence-electron chi connectivity index (χ2n) is 4.73. The molecule has 3 heterocycles. The van der Waals surface area contributed by atoms with Crippen molar-refractivity contribution in [2.45, 2.75) is 25.7 Å². The van der Waals surface area contributed by atoms with Gasteiger partial charge in [0, 0.05) is 19.3 Å². The highest BCUT2D eigenvalue weighted by molar-refractivity contribution is 5.55. The van der Waals surface area contributed by atoms with Gasteiger partial charge in [-0.15, -0.1) is 0 Å². The minimum atomic E-state index is 0.0898. The maximum Gasteiger partial charge on any atom is 0.266 e. The predicted molar refractivity (Wildman–Crippen MR) is 69.9 cm³/mol. The zero-order chi connectivity index (χ0) is 13.1. The van der Waals surface area contributed by atoms with E-state index in [-0.39, 0.29) is 5.75 Å². The fourth-order valence-corrected chi connectivity index (χ4v) is 2.28. The first kappa shape index (κ1) is 12.0. The van der Waals surface area contributed by atoms with Crippen LogP contribution in [0, 0.1) is 0 Å². The number of hydrogen-bond acceptors (Lipinski definition) is 6. The molecule has 0 radical (unpaired) electrons. The molecule has 0 aliphatic carbocycles. The van der Waals surface area contributed by atoms with Crippen molar-refractivity contribution in [1.29, 1.82) is 0 Å². The summed E-state index contributed by atoms with van der Waals surface area (Å²) in [6.07, 6.45) is 7.82. The second-order valence-corrected chi connectivity index (χ2v) is 4.73. The standard InChI is InChI=1S/C13H16N4O2/c18-11-7-10(8-14-9-11)12-15-13(16-19-12)17-5-3-1-2-4-6-17/h7-9,18H,1-6H2. The van der Waals surface area contributed by atoms with Crippen molar-refractivity contribution in [3.63, 3.8) is 0 Å². The first-order chi connectivity index (χ1) is 9.33. The van der Waals surface area contributed by atoms with Gasteiger partial charge in [0.1, 0.15) is 5.75 Å². The van der Waals surface area contributed by atoms with E-state index in [9.17, 15) is 5.11 Å². The van der Waals surface area contributed by atoms with Crippen LogP contribution in [0.4, 0.5) is 5.95 Å². The summed E-state index contributed by atoms with van der Waals surface area (Å²) in [5.41, 5.74) is 0.633. The van der Waals surface area contributed by atoms with Gasteiger partial charge in [-0.1, -0.05) is 12.8 Å². The lowest BCUT2D eigenvalue weighted by Crippen LogP contribution is -2.24. The maximum atomic E-state index is 9.40. The number of rotatable bonds is 2. The van der Waals surface area contributed by atoms with Crippen molar-refractivity contribution in [1.82, 2.24) is 15.1 Å². The van der Waals surface area contributed by atoms with E-state index in [2.05, 4.69) is 20.0 Å². The van der Waals surface area contributed by atoms with Crippen molar-refractivity contribution in [2.24, 2.45) is 0 Å². The number of hydrogen-bond donors (Lipinski definition) is 1. The van der Waals surface area contributed by atoms with E-state index in [4.69, 9.17) is 4.52 Å². The lowest BCUT2D eigenvalue weighted by atomic mass is 10.2. The molecule has 6 nitrogen and oxygen atoms in total. The molecule has 1 N–H and O–H groups in total. The largest absolute Gasteiger partial charge is 0.506 e. The summed E-state index contributed by atoms with van der Waals surface area (Å²) in [6, 6.07) is 1.56. The minimum absolute atomic E-state index is 0.0898. The third kappa shape index (κ3) is 2.67. The molecule has 6 heteroatoms. The summed E-state index contributed by atoms with van der Waals surface area (Å²) in [4.78, 5) is 10.4. The van der Waals surface area contributed by atoms with Gasteiger partial charge in [0.05, 0.1) is 11.8 Å². The second kappa shape index (κ2) is 5.26. The molecule has 1 saturated heterocycles. The van der Waals surface area contributed by atoms with Gasteiger partial charge in [0.25, 0.3) is 11.8 Å². The Kier molecular flexibility index (Phi) is 3.31. The Hall–Kier alpha value is -2.11. The number of pyridine rings is 1. The topological polar surface area (TPSA) is 75.3 Å². The molecule has 100 valence electrons. The zero-order valence-electron chi connectivity index (χ0n) is 10.6. The summed E-state index contributed by atoms with van der Waals surface area (Å²) in [7, 11) is 0. The van der Waals surface area contributed by atoms with Crippen LogP contribution in [-0.4, -0.2) is 33.3 Å². The zero-order valence-corrected chi connectivity index (χ0v) is 10.6. The Morgan fingerprint density at radius 1 is 1.11 bits per heavy atom. The van der Waals surface area contributed by atoms with Crippen LogP contribution in [0.1, 0.15) is 25.7 Å². The molecule has 0 spiro atoms. The summed E-state index contributed by atoms with van der Waals surface area (Å²) in [5.74, 6) is 1.11. The Morgan fingerprint density at radius 2 is 1.89 bits per heavy atom. The fourth-order valence-electron chi connectivity index (χ4n) is 2.28. The van der Waals surface area contributed by atoms with Crippen LogP contribution in [0.15, 0.2) is 23.0 Å². The van der Waals surface area contributed by atoms with Crippen molar-refractivity contribution in [2.75, 3.05) is 18.0 Å².